The van der Waals surface area contributed by atoms with Gasteiger partial charge in [0.15, 0.2) is 15.7 Å². The van der Waals surface area contributed by atoms with Gasteiger partial charge in [0.05, 0.1) is 23.6 Å². The summed E-state index contributed by atoms with van der Waals surface area (Å²) in [6.45, 7) is 0. The number of carbonyl (C=O) groups excluding carboxylic acids is 1. The van der Waals surface area contributed by atoms with Gasteiger partial charge in [0, 0.05) is 5.92 Å². The fourth-order valence-electron chi connectivity index (χ4n) is 3.74. The molecule has 1 aromatic heterocycles. The Bertz CT molecular complexity index is 949. The summed E-state index contributed by atoms with van der Waals surface area (Å²) < 4.78 is 25.4. The third-order valence-corrected chi connectivity index (χ3v) is 6.70. The van der Waals surface area contributed by atoms with Crippen molar-refractivity contribution >= 4 is 15.7 Å². The summed E-state index contributed by atoms with van der Waals surface area (Å²) >= 11 is 0. The van der Waals surface area contributed by atoms with Crippen LogP contribution in [0.2, 0.25) is 0 Å². The van der Waals surface area contributed by atoms with Crippen molar-refractivity contribution in [1.82, 2.24) is 14.8 Å². The molecule has 132 valence electrons. The third kappa shape index (κ3) is 3.18. The molecule has 1 aliphatic heterocycles. The van der Waals surface area contributed by atoms with Crippen molar-refractivity contribution in [2.75, 3.05) is 11.5 Å². The molecule has 2 aliphatic rings. The maximum absolute atomic E-state index is 11.9. The summed E-state index contributed by atoms with van der Waals surface area (Å²) in [5.41, 5.74) is 8.79. The van der Waals surface area contributed by atoms with E-state index >= 15 is 0 Å². The molecule has 2 aromatic rings. The van der Waals surface area contributed by atoms with Crippen LogP contribution in [-0.4, -0.2) is 40.6 Å². The molecule has 2 N–H and O–H groups in total. The molecule has 0 radical (unpaired) electrons. The second kappa shape index (κ2) is 5.94. The van der Waals surface area contributed by atoms with Crippen LogP contribution < -0.4 is 5.73 Å². The van der Waals surface area contributed by atoms with Crippen LogP contribution in [0.4, 0.5) is 0 Å². The lowest BCUT2D eigenvalue weighted by Gasteiger charge is -2.11. The summed E-state index contributed by atoms with van der Waals surface area (Å²) in [6, 6.07) is 6.18. The minimum absolute atomic E-state index is 0.0512. The molecule has 1 aromatic carbocycles. The van der Waals surface area contributed by atoms with Crippen LogP contribution in [-0.2, 0) is 33.9 Å². The first-order valence-electron chi connectivity index (χ1n) is 8.48. The number of hydrogen-bond donors (Lipinski definition) is 1. The molecule has 25 heavy (non-hydrogen) atoms. The van der Waals surface area contributed by atoms with Crippen LogP contribution in [0.1, 0.15) is 41.5 Å². The number of benzene rings is 1. The molecule has 0 bridgehead atoms. The van der Waals surface area contributed by atoms with Gasteiger partial charge < -0.3 is 5.73 Å². The van der Waals surface area contributed by atoms with Crippen LogP contribution in [0.15, 0.2) is 18.2 Å². The van der Waals surface area contributed by atoms with E-state index in [1.807, 2.05) is 6.07 Å². The molecule has 1 amide bonds. The summed E-state index contributed by atoms with van der Waals surface area (Å²) in [7, 11) is -3.04. The number of rotatable bonds is 4. The Labute approximate surface area is 146 Å². The number of aromatic nitrogens is 3. The topological polar surface area (TPSA) is 108 Å². The van der Waals surface area contributed by atoms with Gasteiger partial charge in [-0.2, -0.15) is 5.10 Å². The van der Waals surface area contributed by atoms with E-state index in [0.717, 1.165) is 24.9 Å². The van der Waals surface area contributed by atoms with Crippen LogP contribution in [0.25, 0.3) is 5.69 Å². The molecule has 1 saturated heterocycles. The van der Waals surface area contributed by atoms with Crippen molar-refractivity contribution in [2.45, 2.75) is 38.0 Å². The Hall–Kier alpha value is -2.22. The average molecular weight is 360 g/mol. The Balaban J connectivity index is 1.77. The van der Waals surface area contributed by atoms with Gasteiger partial charge in [0.25, 0.3) is 0 Å². The summed E-state index contributed by atoms with van der Waals surface area (Å²) in [5.74, 6) is 0.485. The van der Waals surface area contributed by atoms with Gasteiger partial charge in [0.2, 0.25) is 5.91 Å². The molecular formula is C17H20N4O3S. The highest BCUT2D eigenvalue weighted by atomic mass is 32.2. The standard InChI is InChI=1S/C17H20N4O3S/c18-15(22)9-16-19-17(13-6-7-25(23,24)10-13)21(20-16)14-5-4-11-2-1-3-12(11)8-14/h4-5,8,13H,1-3,6-7,9-10H2,(H2,18,22)/t13-/m1/s1. The molecule has 0 spiro atoms. The van der Waals surface area contributed by atoms with Gasteiger partial charge in [-0.1, -0.05) is 6.07 Å². The molecule has 2 heterocycles. The Kier molecular flexibility index (Phi) is 3.87. The molecular weight excluding hydrogens is 340 g/mol. The van der Waals surface area contributed by atoms with E-state index in [0.29, 0.717) is 18.1 Å². The monoisotopic (exact) mass is 360 g/mol. The molecule has 4 rings (SSSR count). The lowest BCUT2D eigenvalue weighted by atomic mass is 10.1. The number of carbonyl (C=O) groups is 1. The van der Waals surface area contributed by atoms with E-state index in [2.05, 4.69) is 22.2 Å². The van der Waals surface area contributed by atoms with Gasteiger partial charge in [0.1, 0.15) is 5.82 Å². The van der Waals surface area contributed by atoms with Gasteiger partial charge in [-0.3, -0.25) is 4.79 Å². The number of amides is 1. The largest absolute Gasteiger partial charge is 0.369 e. The molecule has 7 nitrogen and oxygen atoms in total. The predicted octanol–water partition coefficient (Wildman–Crippen LogP) is 0.686. The number of fused-ring (bicyclic) bond motifs is 1. The van der Waals surface area contributed by atoms with Crippen molar-refractivity contribution in [2.24, 2.45) is 5.73 Å². The van der Waals surface area contributed by atoms with Crippen LogP contribution >= 0.6 is 0 Å². The maximum Gasteiger partial charge on any atom is 0.225 e. The number of hydrogen-bond acceptors (Lipinski definition) is 5. The predicted molar refractivity (Wildman–Crippen MR) is 92.3 cm³/mol. The molecule has 0 saturated carbocycles. The minimum Gasteiger partial charge on any atom is -0.369 e. The fraction of sp³-hybridized carbons (Fsp3) is 0.471. The summed E-state index contributed by atoms with van der Waals surface area (Å²) in [6.07, 6.45) is 3.76. The SMILES string of the molecule is NC(=O)Cc1nc([C@@H]2CCS(=O)(=O)C2)n(-c2ccc3c(c2)CCC3)n1. The Morgan fingerprint density at radius 3 is 2.80 bits per heavy atom. The number of nitrogens with zero attached hydrogens (tertiary/aromatic N) is 3. The van der Waals surface area contributed by atoms with Crippen molar-refractivity contribution in [3.63, 3.8) is 0 Å². The summed E-state index contributed by atoms with van der Waals surface area (Å²) in [5, 5.41) is 4.45. The fourth-order valence-corrected chi connectivity index (χ4v) is 5.48. The zero-order chi connectivity index (χ0) is 17.6. The second-order valence-corrected chi connectivity index (χ2v) is 9.08. The highest BCUT2D eigenvalue weighted by Gasteiger charge is 2.33. The average Bonchev–Trinajstić information content (AvgIpc) is 3.23. The highest BCUT2D eigenvalue weighted by Crippen LogP contribution is 2.31. The van der Waals surface area contributed by atoms with E-state index in [1.165, 1.54) is 11.1 Å². The lowest BCUT2D eigenvalue weighted by Crippen LogP contribution is -2.14. The van der Waals surface area contributed by atoms with Crippen molar-refractivity contribution < 1.29 is 13.2 Å². The zero-order valence-electron chi connectivity index (χ0n) is 13.8. The molecule has 8 heteroatoms. The first-order valence-corrected chi connectivity index (χ1v) is 10.3. The number of primary amides is 1. The van der Waals surface area contributed by atoms with Crippen LogP contribution in [0.5, 0.6) is 0 Å². The van der Waals surface area contributed by atoms with E-state index in [4.69, 9.17) is 5.73 Å². The van der Waals surface area contributed by atoms with Gasteiger partial charge in [-0.05, 0) is 48.9 Å². The Morgan fingerprint density at radius 2 is 2.08 bits per heavy atom. The third-order valence-electron chi connectivity index (χ3n) is 4.93. The van der Waals surface area contributed by atoms with Gasteiger partial charge in [-0.25, -0.2) is 18.1 Å². The second-order valence-electron chi connectivity index (χ2n) is 6.85. The van der Waals surface area contributed by atoms with Gasteiger partial charge >= 0.3 is 0 Å². The van der Waals surface area contributed by atoms with Crippen molar-refractivity contribution in [3.05, 3.63) is 41.0 Å². The highest BCUT2D eigenvalue weighted by molar-refractivity contribution is 7.91. The minimum atomic E-state index is -3.04. The van der Waals surface area contributed by atoms with E-state index < -0.39 is 15.7 Å². The zero-order valence-corrected chi connectivity index (χ0v) is 14.6. The van der Waals surface area contributed by atoms with Crippen LogP contribution in [0, 0.1) is 0 Å². The number of nitrogens with two attached hydrogens (primary N) is 1. The lowest BCUT2D eigenvalue weighted by molar-refractivity contribution is -0.117. The normalized spacial score (nSPS) is 21.4. The van der Waals surface area contributed by atoms with E-state index in [9.17, 15) is 13.2 Å². The molecule has 0 unspecified atom stereocenters. The maximum atomic E-state index is 11.9. The first kappa shape index (κ1) is 16.3. The first-order chi connectivity index (χ1) is 11.9. The van der Waals surface area contributed by atoms with Gasteiger partial charge in [-0.15, -0.1) is 0 Å². The Morgan fingerprint density at radius 1 is 1.28 bits per heavy atom. The van der Waals surface area contributed by atoms with Crippen LogP contribution in [0.3, 0.4) is 0 Å². The quantitative estimate of drug-likeness (QED) is 0.863. The summed E-state index contributed by atoms with van der Waals surface area (Å²) in [4.78, 5) is 15.7. The molecule has 1 atom stereocenters. The van der Waals surface area contributed by atoms with E-state index in [1.54, 1.807) is 4.68 Å². The number of sulfone groups is 1. The molecule has 1 aliphatic carbocycles. The van der Waals surface area contributed by atoms with Crippen molar-refractivity contribution in [1.29, 1.82) is 0 Å². The molecule has 1 fully saturated rings. The smallest absolute Gasteiger partial charge is 0.225 e. The van der Waals surface area contributed by atoms with Crippen molar-refractivity contribution in [3.8, 4) is 5.69 Å². The van der Waals surface area contributed by atoms with E-state index in [-0.39, 0.29) is 23.8 Å². The number of aryl methyl sites for hydroxylation is 2.